The first kappa shape index (κ1) is 17.4. The lowest BCUT2D eigenvalue weighted by atomic mass is 9.83. The van der Waals surface area contributed by atoms with Gasteiger partial charge in [0.05, 0.1) is 12.0 Å². The molecule has 0 radical (unpaired) electrons. The average Bonchev–Trinajstić information content (AvgIpc) is 2.53. The highest BCUT2D eigenvalue weighted by atomic mass is 35.5. The van der Waals surface area contributed by atoms with E-state index in [1.807, 2.05) is 19.9 Å². The number of rotatable bonds is 5. The summed E-state index contributed by atoms with van der Waals surface area (Å²) in [5, 5.41) is 12.5. The summed E-state index contributed by atoms with van der Waals surface area (Å²) in [5.74, 6) is -0.614. The van der Waals surface area contributed by atoms with Crippen LogP contribution < -0.4 is 5.32 Å². The fraction of sp³-hybridized carbons (Fsp3) is 0.278. The number of carbonyl (C=O) groups excluding carboxylic acids is 1. The summed E-state index contributed by atoms with van der Waals surface area (Å²) in [7, 11) is 0. The first-order valence-electron chi connectivity index (χ1n) is 7.27. The molecule has 1 amide bonds. The summed E-state index contributed by atoms with van der Waals surface area (Å²) in [6.07, 6.45) is 0. The second kappa shape index (κ2) is 7.11. The second-order valence-corrected chi connectivity index (χ2v) is 6.34. The van der Waals surface area contributed by atoms with Crippen LogP contribution in [0.2, 0.25) is 5.02 Å². The van der Waals surface area contributed by atoms with Gasteiger partial charge in [0, 0.05) is 17.1 Å². The Morgan fingerprint density at radius 3 is 2.65 bits per heavy atom. The van der Waals surface area contributed by atoms with E-state index < -0.39 is 11.2 Å². The number of carbonyl (C=O) groups is 1. The van der Waals surface area contributed by atoms with Gasteiger partial charge >= 0.3 is 0 Å². The van der Waals surface area contributed by atoms with Gasteiger partial charge in [-0.25, -0.2) is 4.39 Å². The molecule has 2 aromatic carbocycles. The lowest BCUT2D eigenvalue weighted by Crippen LogP contribution is -2.39. The summed E-state index contributed by atoms with van der Waals surface area (Å²) in [4.78, 5) is 12.5. The van der Waals surface area contributed by atoms with Crippen LogP contribution in [0.25, 0.3) is 0 Å². The van der Waals surface area contributed by atoms with Crippen LogP contribution in [0.1, 0.15) is 30.5 Å². The van der Waals surface area contributed by atoms with Crippen LogP contribution in [0, 0.1) is 5.82 Å². The van der Waals surface area contributed by atoms with Crippen molar-refractivity contribution in [2.24, 2.45) is 0 Å². The minimum absolute atomic E-state index is 0.158. The van der Waals surface area contributed by atoms with Gasteiger partial charge in [-0.05, 0) is 49.2 Å². The molecule has 0 bridgehead atoms. The first-order chi connectivity index (χ1) is 10.8. The molecule has 0 aliphatic heterocycles. The van der Waals surface area contributed by atoms with Crippen LogP contribution in [0.3, 0.4) is 0 Å². The first-order valence-corrected chi connectivity index (χ1v) is 7.65. The van der Waals surface area contributed by atoms with E-state index in [0.29, 0.717) is 5.02 Å². The van der Waals surface area contributed by atoms with Gasteiger partial charge in [-0.15, -0.1) is 0 Å². The number of amides is 1. The predicted octanol–water partition coefficient (Wildman–Crippen LogP) is 3.57. The zero-order valence-corrected chi connectivity index (χ0v) is 13.8. The van der Waals surface area contributed by atoms with Crippen LogP contribution in [0.5, 0.6) is 0 Å². The van der Waals surface area contributed by atoms with Gasteiger partial charge in [-0.3, -0.25) is 4.79 Å². The molecule has 5 heteroatoms. The molecular formula is C18H19ClFNO2. The monoisotopic (exact) mass is 335 g/mol. The van der Waals surface area contributed by atoms with Crippen LogP contribution in [0.4, 0.5) is 4.39 Å². The van der Waals surface area contributed by atoms with Crippen molar-refractivity contribution >= 4 is 17.5 Å². The van der Waals surface area contributed by atoms with Gasteiger partial charge in [-0.1, -0.05) is 29.8 Å². The predicted molar refractivity (Wildman–Crippen MR) is 88.6 cm³/mol. The zero-order valence-electron chi connectivity index (χ0n) is 13.1. The molecule has 0 atom stereocenters. The van der Waals surface area contributed by atoms with E-state index >= 15 is 0 Å². The van der Waals surface area contributed by atoms with E-state index in [4.69, 9.17) is 16.7 Å². The molecular weight excluding hydrogens is 317 g/mol. The molecule has 0 aliphatic carbocycles. The topological polar surface area (TPSA) is 49.3 Å². The maximum atomic E-state index is 13.4. The number of hydrogen-bond donors (Lipinski definition) is 2. The molecule has 0 heterocycles. The maximum absolute atomic E-state index is 13.4. The second-order valence-electron chi connectivity index (χ2n) is 5.90. The van der Waals surface area contributed by atoms with E-state index in [0.717, 1.165) is 11.1 Å². The molecule has 0 unspecified atom stereocenters. The van der Waals surface area contributed by atoms with Gasteiger partial charge < -0.3 is 10.4 Å². The average molecular weight is 336 g/mol. The van der Waals surface area contributed by atoms with E-state index in [1.54, 1.807) is 30.3 Å². The molecule has 2 N–H and O–H groups in total. The fourth-order valence-corrected chi connectivity index (χ4v) is 2.46. The SMILES string of the molecule is CC(C)(C(=O)NCc1ccc(F)c(CO)c1)c1cccc(Cl)c1. The molecule has 2 rings (SSSR count). The molecule has 23 heavy (non-hydrogen) atoms. The van der Waals surface area contributed by atoms with Crippen molar-refractivity contribution in [1.82, 2.24) is 5.32 Å². The van der Waals surface area contributed by atoms with Crippen molar-refractivity contribution < 1.29 is 14.3 Å². The highest BCUT2D eigenvalue weighted by molar-refractivity contribution is 6.30. The van der Waals surface area contributed by atoms with E-state index in [1.165, 1.54) is 6.07 Å². The summed E-state index contributed by atoms with van der Waals surface area (Å²) < 4.78 is 13.4. The Bertz CT molecular complexity index is 716. The summed E-state index contributed by atoms with van der Waals surface area (Å²) >= 11 is 5.99. The molecule has 0 saturated carbocycles. The number of aliphatic hydroxyl groups excluding tert-OH is 1. The molecule has 0 saturated heterocycles. The third-order valence-electron chi connectivity index (χ3n) is 3.85. The van der Waals surface area contributed by atoms with Crippen molar-refractivity contribution in [1.29, 1.82) is 0 Å². The zero-order chi connectivity index (χ0) is 17.0. The van der Waals surface area contributed by atoms with Crippen molar-refractivity contribution in [2.75, 3.05) is 0 Å². The molecule has 0 spiro atoms. The van der Waals surface area contributed by atoms with Crippen molar-refractivity contribution in [3.63, 3.8) is 0 Å². The van der Waals surface area contributed by atoms with Crippen molar-refractivity contribution in [3.8, 4) is 0 Å². The molecule has 0 aliphatic rings. The van der Waals surface area contributed by atoms with Crippen LogP contribution >= 0.6 is 11.6 Å². The van der Waals surface area contributed by atoms with Gasteiger partial charge in [0.15, 0.2) is 0 Å². The van der Waals surface area contributed by atoms with Crippen molar-refractivity contribution in [3.05, 3.63) is 70.0 Å². The molecule has 122 valence electrons. The van der Waals surface area contributed by atoms with Crippen LogP contribution in [0.15, 0.2) is 42.5 Å². The third kappa shape index (κ3) is 4.09. The number of aliphatic hydroxyl groups is 1. The number of benzene rings is 2. The van der Waals surface area contributed by atoms with E-state index in [9.17, 15) is 9.18 Å². The van der Waals surface area contributed by atoms with Gasteiger partial charge in [-0.2, -0.15) is 0 Å². The summed E-state index contributed by atoms with van der Waals surface area (Å²) in [5.41, 5.74) is 1.01. The minimum atomic E-state index is -0.745. The Morgan fingerprint density at radius 2 is 2.00 bits per heavy atom. The molecule has 0 fully saturated rings. The quantitative estimate of drug-likeness (QED) is 0.877. The highest BCUT2D eigenvalue weighted by Crippen LogP contribution is 2.26. The Balaban J connectivity index is 2.09. The Labute approximate surface area is 140 Å². The standard InChI is InChI=1S/C18H19ClFNO2/c1-18(2,14-4-3-5-15(19)9-14)17(23)21-10-12-6-7-16(20)13(8-12)11-22/h3-9,22H,10-11H2,1-2H3,(H,21,23). The molecule has 2 aromatic rings. The van der Waals surface area contributed by atoms with Gasteiger partial charge in [0.25, 0.3) is 0 Å². The molecule has 3 nitrogen and oxygen atoms in total. The van der Waals surface area contributed by atoms with Crippen LogP contribution in [-0.4, -0.2) is 11.0 Å². The van der Waals surface area contributed by atoms with Crippen molar-refractivity contribution in [2.45, 2.75) is 32.4 Å². The summed E-state index contributed by atoms with van der Waals surface area (Å²) in [6, 6.07) is 11.6. The Hall–Kier alpha value is -1.91. The number of nitrogens with one attached hydrogen (secondary N) is 1. The van der Waals surface area contributed by atoms with Gasteiger partial charge in [0.2, 0.25) is 5.91 Å². The Morgan fingerprint density at radius 1 is 1.26 bits per heavy atom. The van der Waals surface area contributed by atoms with E-state index in [2.05, 4.69) is 5.32 Å². The van der Waals surface area contributed by atoms with Crippen LogP contribution in [-0.2, 0) is 23.4 Å². The Kier molecular flexibility index (Phi) is 5.39. The maximum Gasteiger partial charge on any atom is 0.230 e. The lowest BCUT2D eigenvalue weighted by Gasteiger charge is -2.24. The largest absolute Gasteiger partial charge is 0.392 e. The normalized spacial score (nSPS) is 11.3. The fourth-order valence-electron chi connectivity index (χ4n) is 2.27. The summed E-state index contributed by atoms with van der Waals surface area (Å²) in [6.45, 7) is 3.52. The number of halogens is 2. The third-order valence-corrected chi connectivity index (χ3v) is 4.08. The lowest BCUT2D eigenvalue weighted by molar-refractivity contribution is -0.125. The van der Waals surface area contributed by atoms with E-state index in [-0.39, 0.29) is 24.6 Å². The van der Waals surface area contributed by atoms with Gasteiger partial charge in [0.1, 0.15) is 5.82 Å². The highest BCUT2D eigenvalue weighted by Gasteiger charge is 2.29. The molecule has 0 aromatic heterocycles. The number of hydrogen-bond acceptors (Lipinski definition) is 2. The minimum Gasteiger partial charge on any atom is -0.392 e. The smallest absolute Gasteiger partial charge is 0.230 e.